The van der Waals surface area contributed by atoms with Gasteiger partial charge in [-0.1, -0.05) is 0 Å². The van der Waals surface area contributed by atoms with Gasteiger partial charge in [-0.15, -0.1) is 0 Å². The number of aryl methyl sites for hydroxylation is 1. The van der Waals surface area contributed by atoms with Crippen LogP contribution in [0.1, 0.15) is 51.5 Å². The molecule has 0 aliphatic carbocycles. The van der Waals surface area contributed by atoms with Crippen LogP contribution in [0, 0.1) is 5.82 Å². The van der Waals surface area contributed by atoms with Gasteiger partial charge in [0.25, 0.3) is 0 Å². The van der Waals surface area contributed by atoms with Crippen molar-refractivity contribution in [3.05, 3.63) is 23.5 Å². The zero-order valence-electron chi connectivity index (χ0n) is 17.5. The number of urea groups is 1. The topological polar surface area (TPSA) is 70.5 Å². The molecule has 0 spiro atoms. The average Bonchev–Trinajstić information content (AvgIpc) is 2.96. The molecular formula is C21H28FN5O2. The second-order valence-corrected chi connectivity index (χ2v) is 9.03. The van der Waals surface area contributed by atoms with Crippen molar-refractivity contribution in [2.45, 2.75) is 51.5 Å². The Balaban J connectivity index is 1.64. The number of amides is 3. The summed E-state index contributed by atoms with van der Waals surface area (Å²) in [6.07, 6.45) is 2.04. The molecule has 3 amide bonds. The van der Waals surface area contributed by atoms with Gasteiger partial charge in [0.1, 0.15) is 5.82 Å². The van der Waals surface area contributed by atoms with Crippen LogP contribution in [0.5, 0.6) is 0 Å². The van der Waals surface area contributed by atoms with Gasteiger partial charge in [-0.2, -0.15) is 5.10 Å². The molecule has 4 rings (SSSR count). The number of nitrogens with one attached hydrogen (secondary N) is 1. The average molecular weight is 401 g/mol. The van der Waals surface area contributed by atoms with Crippen LogP contribution in [-0.4, -0.2) is 51.8 Å². The molecule has 1 N–H and O–H groups in total. The molecule has 0 saturated carbocycles. The maximum Gasteiger partial charge on any atom is 0.329 e. The molecule has 156 valence electrons. The first-order chi connectivity index (χ1) is 13.6. The fraction of sp³-hybridized carbons (Fsp3) is 0.571. The normalized spacial score (nSPS) is 19.8. The summed E-state index contributed by atoms with van der Waals surface area (Å²) in [7, 11) is 1.79. The molecule has 29 heavy (non-hydrogen) atoms. The number of carbonyl (C=O) groups is 2. The highest BCUT2D eigenvalue weighted by atomic mass is 19.1. The van der Waals surface area contributed by atoms with E-state index in [-0.39, 0.29) is 36.1 Å². The number of hydrogen-bond donors (Lipinski definition) is 1. The molecule has 0 radical (unpaired) electrons. The molecule has 2 fully saturated rings. The van der Waals surface area contributed by atoms with E-state index in [1.807, 2.05) is 6.07 Å². The van der Waals surface area contributed by atoms with Gasteiger partial charge in [0.15, 0.2) is 5.82 Å². The molecule has 2 aliphatic rings. The Hall–Kier alpha value is -2.48. The largest absolute Gasteiger partial charge is 0.329 e. The lowest BCUT2D eigenvalue weighted by atomic mass is 9.87. The van der Waals surface area contributed by atoms with Crippen LogP contribution in [0.15, 0.2) is 12.1 Å². The van der Waals surface area contributed by atoms with Crippen molar-refractivity contribution < 1.29 is 14.0 Å². The molecule has 0 unspecified atom stereocenters. The minimum Gasteiger partial charge on any atom is -0.298 e. The number of nitrogens with zero attached hydrogens (tertiary/aromatic N) is 4. The van der Waals surface area contributed by atoms with Crippen LogP contribution in [0.25, 0.3) is 10.9 Å². The molecule has 1 aromatic heterocycles. The van der Waals surface area contributed by atoms with Gasteiger partial charge < -0.3 is 0 Å². The van der Waals surface area contributed by atoms with Crippen LogP contribution in [0.2, 0.25) is 0 Å². The van der Waals surface area contributed by atoms with E-state index in [4.69, 9.17) is 0 Å². The van der Waals surface area contributed by atoms with Gasteiger partial charge >= 0.3 is 6.03 Å². The standard InChI is InChI=1S/C21H28FN5O2/c1-21(2,3)26-8-5-13(6-9-26)14-12-17-15(11-16(14)22)19(24-25(17)4)27-10-7-18(28)23-20(27)29/h11-13H,5-10H2,1-4H3,(H,23,28,29). The van der Waals surface area contributed by atoms with Crippen LogP contribution >= 0.6 is 0 Å². The second kappa shape index (κ2) is 7.09. The summed E-state index contributed by atoms with van der Waals surface area (Å²) in [5, 5.41) is 7.34. The lowest BCUT2D eigenvalue weighted by Gasteiger charge is -2.41. The summed E-state index contributed by atoms with van der Waals surface area (Å²) in [6.45, 7) is 8.77. The molecule has 7 nitrogen and oxygen atoms in total. The molecule has 0 bridgehead atoms. The van der Waals surface area contributed by atoms with Crippen molar-refractivity contribution in [1.82, 2.24) is 20.0 Å². The Bertz CT molecular complexity index is 970. The van der Waals surface area contributed by atoms with Crippen molar-refractivity contribution in [3.8, 4) is 0 Å². The number of benzene rings is 1. The maximum atomic E-state index is 15.1. The van der Waals surface area contributed by atoms with Crippen molar-refractivity contribution >= 4 is 28.7 Å². The summed E-state index contributed by atoms with van der Waals surface area (Å²) >= 11 is 0. The molecule has 2 aromatic rings. The van der Waals surface area contributed by atoms with Crippen LogP contribution < -0.4 is 10.2 Å². The first-order valence-electron chi connectivity index (χ1n) is 10.2. The van der Waals surface area contributed by atoms with Crippen molar-refractivity contribution in [3.63, 3.8) is 0 Å². The molecule has 2 saturated heterocycles. The molecule has 8 heteroatoms. The van der Waals surface area contributed by atoms with Crippen molar-refractivity contribution in [2.24, 2.45) is 7.05 Å². The van der Waals surface area contributed by atoms with Crippen LogP contribution in [-0.2, 0) is 11.8 Å². The predicted octanol–water partition coefficient (Wildman–Crippen LogP) is 3.14. The third kappa shape index (κ3) is 3.61. The number of halogens is 1. The number of fused-ring (bicyclic) bond motifs is 1. The Morgan fingerprint density at radius 2 is 1.83 bits per heavy atom. The lowest BCUT2D eigenvalue weighted by Crippen LogP contribution is -2.49. The fourth-order valence-corrected chi connectivity index (χ4v) is 4.41. The van der Waals surface area contributed by atoms with E-state index in [1.165, 1.54) is 11.0 Å². The highest BCUT2D eigenvalue weighted by Crippen LogP contribution is 2.36. The number of aromatic nitrogens is 2. The highest BCUT2D eigenvalue weighted by molar-refractivity contribution is 6.08. The van der Waals surface area contributed by atoms with Crippen LogP contribution in [0.3, 0.4) is 0 Å². The van der Waals surface area contributed by atoms with Gasteiger partial charge in [0.2, 0.25) is 5.91 Å². The fourth-order valence-electron chi connectivity index (χ4n) is 4.41. The number of imide groups is 1. The van der Waals surface area contributed by atoms with E-state index in [9.17, 15) is 9.59 Å². The van der Waals surface area contributed by atoms with E-state index in [0.717, 1.165) is 37.0 Å². The number of piperidine rings is 1. The highest BCUT2D eigenvalue weighted by Gasteiger charge is 2.31. The van der Waals surface area contributed by atoms with Gasteiger partial charge in [-0.3, -0.25) is 24.6 Å². The Labute approximate surface area is 169 Å². The number of carbonyl (C=O) groups excluding carboxylic acids is 2. The van der Waals surface area contributed by atoms with E-state index in [0.29, 0.717) is 11.2 Å². The summed E-state index contributed by atoms with van der Waals surface area (Å²) in [6, 6.07) is 2.86. The number of rotatable bonds is 2. The SMILES string of the molecule is Cn1nc(N2CCC(=O)NC2=O)c2cc(F)c(C3CCN(C(C)(C)C)CC3)cc21. The summed E-state index contributed by atoms with van der Waals surface area (Å²) in [4.78, 5) is 27.5. The van der Waals surface area contributed by atoms with E-state index >= 15 is 4.39 Å². The minimum atomic E-state index is -0.514. The Morgan fingerprint density at radius 3 is 2.45 bits per heavy atom. The molecule has 0 atom stereocenters. The van der Waals surface area contributed by atoms with Crippen LogP contribution in [0.4, 0.5) is 15.0 Å². The minimum absolute atomic E-state index is 0.126. The summed E-state index contributed by atoms with van der Waals surface area (Å²) < 4.78 is 16.8. The molecule has 3 heterocycles. The summed E-state index contributed by atoms with van der Waals surface area (Å²) in [5.74, 6) is 0.00349. The number of hydrogen-bond acceptors (Lipinski definition) is 4. The number of anilines is 1. The van der Waals surface area contributed by atoms with Gasteiger partial charge in [0, 0.05) is 30.9 Å². The first kappa shape index (κ1) is 19.8. The summed E-state index contributed by atoms with van der Waals surface area (Å²) in [5.41, 5.74) is 1.64. The lowest BCUT2D eigenvalue weighted by molar-refractivity contribution is -0.120. The molecule has 1 aromatic carbocycles. The van der Waals surface area contributed by atoms with Crippen molar-refractivity contribution in [1.29, 1.82) is 0 Å². The predicted molar refractivity (Wildman–Crippen MR) is 109 cm³/mol. The Morgan fingerprint density at radius 1 is 1.14 bits per heavy atom. The van der Waals surface area contributed by atoms with E-state index in [1.54, 1.807) is 11.7 Å². The van der Waals surface area contributed by atoms with E-state index < -0.39 is 6.03 Å². The van der Waals surface area contributed by atoms with Gasteiger partial charge in [0.05, 0.1) is 5.52 Å². The second-order valence-electron chi connectivity index (χ2n) is 9.03. The smallest absolute Gasteiger partial charge is 0.298 e. The van der Waals surface area contributed by atoms with Gasteiger partial charge in [-0.05, 0) is 70.3 Å². The zero-order valence-corrected chi connectivity index (χ0v) is 17.5. The molecule has 2 aliphatic heterocycles. The third-order valence-corrected chi connectivity index (χ3v) is 6.14. The third-order valence-electron chi connectivity index (χ3n) is 6.14. The van der Waals surface area contributed by atoms with Crippen molar-refractivity contribution in [2.75, 3.05) is 24.5 Å². The maximum absolute atomic E-state index is 15.1. The first-order valence-corrected chi connectivity index (χ1v) is 10.2. The monoisotopic (exact) mass is 401 g/mol. The van der Waals surface area contributed by atoms with E-state index in [2.05, 4.69) is 36.1 Å². The molecular weight excluding hydrogens is 373 g/mol. The number of likely N-dealkylation sites (tertiary alicyclic amines) is 1. The quantitative estimate of drug-likeness (QED) is 0.839. The Kier molecular flexibility index (Phi) is 4.85. The van der Waals surface area contributed by atoms with Gasteiger partial charge in [-0.25, -0.2) is 9.18 Å². The zero-order chi connectivity index (χ0) is 20.9.